The first kappa shape index (κ1) is 21.5. The van der Waals surface area contributed by atoms with E-state index in [9.17, 15) is 9.59 Å². The van der Waals surface area contributed by atoms with Crippen LogP contribution in [0.5, 0.6) is 5.75 Å². The number of hydrogen-bond acceptors (Lipinski definition) is 3. The van der Waals surface area contributed by atoms with Crippen molar-refractivity contribution < 1.29 is 14.3 Å². The summed E-state index contributed by atoms with van der Waals surface area (Å²) in [4.78, 5) is 26.9. The van der Waals surface area contributed by atoms with E-state index in [1.165, 1.54) is 0 Å². The summed E-state index contributed by atoms with van der Waals surface area (Å²) in [5.74, 6) is 0.687. The van der Waals surface area contributed by atoms with E-state index >= 15 is 0 Å². The van der Waals surface area contributed by atoms with Gasteiger partial charge in [-0.3, -0.25) is 9.59 Å². The Hall–Kier alpha value is -2.24. The molecule has 1 N–H and O–H groups in total. The Morgan fingerprint density at radius 3 is 2.41 bits per heavy atom. The van der Waals surface area contributed by atoms with Crippen molar-refractivity contribution in [2.75, 3.05) is 19.7 Å². The molecule has 0 unspecified atom stereocenters. The Morgan fingerprint density at radius 1 is 1.10 bits per heavy atom. The lowest BCUT2D eigenvalue weighted by molar-refractivity contribution is -0.131. The van der Waals surface area contributed by atoms with Gasteiger partial charge in [-0.05, 0) is 55.7 Å². The van der Waals surface area contributed by atoms with Crippen LogP contribution in [0, 0.1) is 0 Å². The first-order valence-electron chi connectivity index (χ1n) is 9.71. The smallest absolute Gasteiger partial charge is 0.253 e. The lowest BCUT2D eigenvalue weighted by Crippen LogP contribution is -2.47. The molecule has 2 aromatic carbocycles. The molecule has 0 aromatic heterocycles. The molecule has 1 aliphatic heterocycles. The van der Waals surface area contributed by atoms with Gasteiger partial charge in [-0.15, -0.1) is 0 Å². The topological polar surface area (TPSA) is 58.6 Å². The zero-order valence-electron chi connectivity index (χ0n) is 16.3. The average Bonchev–Trinajstić information content (AvgIpc) is 2.70. The molecule has 2 aromatic rings. The summed E-state index contributed by atoms with van der Waals surface area (Å²) in [6.45, 7) is 3.80. The fourth-order valence-electron chi connectivity index (χ4n) is 3.37. The van der Waals surface area contributed by atoms with Crippen LogP contribution < -0.4 is 10.1 Å². The van der Waals surface area contributed by atoms with E-state index in [2.05, 4.69) is 5.32 Å². The number of carbonyl (C=O) groups is 2. The van der Waals surface area contributed by atoms with Gasteiger partial charge in [0, 0.05) is 24.2 Å². The number of nitrogens with one attached hydrogen (secondary N) is 1. The third-order valence-electron chi connectivity index (χ3n) is 4.95. The highest BCUT2D eigenvalue weighted by Gasteiger charge is 2.24. The Kier molecular flexibility index (Phi) is 7.40. The normalized spacial score (nSPS) is 14.5. The van der Waals surface area contributed by atoms with E-state index < -0.39 is 0 Å². The fraction of sp³-hybridized carbons (Fsp3) is 0.364. The summed E-state index contributed by atoms with van der Waals surface area (Å²) in [6, 6.07) is 12.5. The summed E-state index contributed by atoms with van der Waals surface area (Å²) >= 11 is 12.0. The lowest BCUT2D eigenvalue weighted by Gasteiger charge is -2.32. The van der Waals surface area contributed by atoms with Gasteiger partial charge in [-0.2, -0.15) is 0 Å². The maximum absolute atomic E-state index is 12.6. The molecule has 3 rings (SSSR count). The van der Waals surface area contributed by atoms with Crippen molar-refractivity contribution in [1.29, 1.82) is 0 Å². The molecule has 2 amide bonds. The van der Waals surface area contributed by atoms with Crippen LogP contribution in [0.15, 0.2) is 42.5 Å². The molecule has 0 saturated carbocycles. The van der Waals surface area contributed by atoms with Gasteiger partial charge in [-0.25, -0.2) is 0 Å². The van der Waals surface area contributed by atoms with E-state index in [4.69, 9.17) is 27.9 Å². The Morgan fingerprint density at radius 2 is 1.79 bits per heavy atom. The fourth-order valence-corrected chi connectivity index (χ4v) is 3.86. The second-order valence-electron chi connectivity index (χ2n) is 7.01. The first-order chi connectivity index (χ1) is 14.0. The quantitative estimate of drug-likeness (QED) is 0.734. The maximum atomic E-state index is 12.6. The van der Waals surface area contributed by atoms with Gasteiger partial charge in [0.25, 0.3) is 5.91 Å². The Labute approximate surface area is 180 Å². The van der Waals surface area contributed by atoms with Crippen molar-refractivity contribution in [2.45, 2.75) is 32.2 Å². The second-order valence-corrected chi connectivity index (χ2v) is 7.85. The van der Waals surface area contributed by atoms with Gasteiger partial charge in [0.15, 0.2) is 0 Å². The average molecular weight is 435 g/mol. The monoisotopic (exact) mass is 434 g/mol. The van der Waals surface area contributed by atoms with Crippen molar-refractivity contribution >= 4 is 35.0 Å². The molecular weight excluding hydrogens is 411 g/mol. The van der Waals surface area contributed by atoms with Gasteiger partial charge in [0.1, 0.15) is 5.75 Å². The van der Waals surface area contributed by atoms with E-state index in [1.54, 1.807) is 18.2 Å². The van der Waals surface area contributed by atoms with Gasteiger partial charge < -0.3 is 15.0 Å². The van der Waals surface area contributed by atoms with Crippen LogP contribution in [0.1, 0.15) is 35.7 Å². The number of halogens is 2. The first-order valence-corrected chi connectivity index (χ1v) is 10.5. The number of likely N-dealkylation sites (tertiary alicyclic amines) is 1. The van der Waals surface area contributed by atoms with Crippen LogP contribution in [0.25, 0.3) is 0 Å². The van der Waals surface area contributed by atoms with Gasteiger partial charge in [-0.1, -0.05) is 35.3 Å². The molecule has 0 spiro atoms. The molecule has 0 atom stereocenters. The minimum absolute atomic E-state index is 0.0174. The van der Waals surface area contributed by atoms with Crippen LogP contribution in [0.2, 0.25) is 10.0 Å². The number of benzene rings is 2. The molecule has 1 aliphatic rings. The van der Waals surface area contributed by atoms with Gasteiger partial charge in [0.05, 0.1) is 23.6 Å². The number of nitrogens with zero attached hydrogens (tertiary/aromatic N) is 1. The van der Waals surface area contributed by atoms with E-state index in [0.29, 0.717) is 54.6 Å². The third-order valence-corrected chi connectivity index (χ3v) is 5.50. The standard InChI is InChI=1S/C22H24Cl2N2O3/c1-2-29-18-6-3-15(4-7-18)13-21(27)26-11-9-17(10-12-26)25-22(28)19-8-5-16(23)14-20(19)24/h3-8,14,17H,2,9-13H2,1H3,(H,25,28). The van der Waals surface area contributed by atoms with Crippen molar-refractivity contribution in [2.24, 2.45) is 0 Å². The van der Waals surface area contributed by atoms with Crippen molar-refractivity contribution in [1.82, 2.24) is 10.2 Å². The molecule has 0 radical (unpaired) electrons. The summed E-state index contributed by atoms with van der Waals surface area (Å²) in [5, 5.41) is 3.83. The van der Waals surface area contributed by atoms with Gasteiger partial charge >= 0.3 is 0 Å². The molecule has 1 fully saturated rings. The van der Waals surface area contributed by atoms with E-state index in [0.717, 1.165) is 11.3 Å². The van der Waals surface area contributed by atoms with Crippen LogP contribution in [-0.4, -0.2) is 42.5 Å². The highest BCUT2D eigenvalue weighted by atomic mass is 35.5. The van der Waals surface area contributed by atoms with E-state index in [-0.39, 0.29) is 17.9 Å². The third kappa shape index (κ3) is 5.87. The Balaban J connectivity index is 1.48. The molecule has 1 heterocycles. The van der Waals surface area contributed by atoms with Crippen LogP contribution in [0.4, 0.5) is 0 Å². The van der Waals surface area contributed by atoms with Crippen molar-refractivity contribution in [3.05, 3.63) is 63.6 Å². The van der Waals surface area contributed by atoms with E-state index in [1.807, 2.05) is 36.1 Å². The molecular formula is C22H24Cl2N2O3. The molecule has 29 heavy (non-hydrogen) atoms. The van der Waals surface area contributed by atoms with Crippen molar-refractivity contribution in [3.8, 4) is 5.75 Å². The summed E-state index contributed by atoms with van der Waals surface area (Å²) in [7, 11) is 0. The lowest BCUT2D eigenvalue weighted by atomic mass is 10.0. The number of amides is 2. The summed E-state index contributed by atoms with van der Waals surface area (Å²) in [5.41, 5.74) is 1.37. The molecule has 7 heteroatoms. The highest BCUT2D eigenvalue weighted by Crippen LogP contribution is 2.22. The molecule has 0 bridgehead atoms. The Bertz CT molecular complexity index is 863. The summed E-state index contributed by atoms with van der Waals surface area (Å²) in [6.07, 6.45) is 1.79. The molecule has 154 valence electrons. The number of hydrogen-bond donors (Lipinski definition) is 1. The number of carbonyl (C=O) groups excluding carboxylic acids is 2. The highest BCUT2D eigenvalue weighted by molar-refractivity contribution is 6.36. The maximum Gasteiger partial charge on any atom is 0.253 e. The van der Waals surface area contributed by atoms with Crippen LogP contribution in [0.3, 0.4) is 0 Å². The van der Waals surface area contributed by atoms with Crippen LogP contribution >= 0.6 is 23.2 Å². The predicted octanol–water partition coefficient (Wildman–Crippen LogP) is 4.36. The minimum atomic E-state index is -0.217. The second kappa shape index (κ2) is 9.99. The van der Waals surface area contributed by atoms with Crippen LogP contribution in [-0.2, 0) is 11.2 Å². The SMILES string of the molecule is CCOc1ccc(CC(=O)N2CCC(NC(=O)c3ccc(Cl)cc3Cl)CC2)cc1. The summed E-state index contributed by atoms with van der Waals surface area (Å²) < 4.78 is 5.43. The predicted molar refractivity (Wildman–Crippen MR) is 115 cm³/mol. The molecule has 1 saturated heterocycles. The largest absolute Gasteiger partial charge is 0.494 e. The zero-order valence-corrected chi connectivity index (χ0v) is 17.8. The number of piperidine rings is 1. The number of ether oxygens (including phenoxy) is 1. The van der Waals surface area contributed by atoms with Gasteiger partial charge in [0.2, 0.25) is 5.91 Å². The number of rotatable bonds is 6. The van der Waals surface area contributed by atoms with Crippen molar-refractivity contribution in [3.63, 3.8) is 0 Å². The zero-order chi connectivity index (χ0) is 20.8. The molecule has 0 aliphatic carbocycles. The minimum Gasteiger partial charge on any atom is -0.494 e. The molecule has 5 nitrogen and oxygen atoms in total.